The van der Waals surface area contributed by atoms with Gasteiger partial charge in [-0.3, -0.25) is 9.59 Å². The standard InChI is InChI=1S/C30H21N3O4/c1-36-23-11-12-27-24(16-23)26(34)17-28(37-27)20-7-9-22(10-8-20)31-30(35)21-13-14-33-18-25(32-29(33)15-21)19-5-3-2-4-6-19/h2-18H,1H3,(H,31,35). The zero-order valence-corrected chi connectivity index (χ0v) is 19.8. The van der Waals surface area contributed by atoms with Crippen molar-refractivity contribution in [3.05, 3.63) is 119 Å². The second-order valence-corrected chi connectivity index (χ2v) is 8.54. The van der Waals surface area contributed by atoms with Gasteiger partial charge in [-0.15, -0.1) is 0 Å². The largest absolute Gasteiger partial charge is 0.497 e. The molecular weight excluding hydrogens is 466 g/mol. The van der Waals surface area contributed by atoms with Crippen molar-refractivity contribution in [2.75, 3.05) is 12.4 Å². The van der Waals surface area contributed by atoms with E-state index in [0.717, 1.165) is 16.8 Å². The molecule has 0 spiro atoms. The first-order valence-electron chi connectivity index (χ1n) is 11.7. The molecule has 3 heterocycles. The second kappa shape index (κ2) is 9.13. The van der Waals surface area contributed by atoms with E-state index in [1.807, 2.05) is 47.1 Å². The van der Waals surface area contributed by atoms with Crippen LogP contribution in [0, 0.1) is 0 Å². The van der Waals surface area contributed by atoms with Crippen molar-refractivity contribution in [1.82, 2.24) is 9.38 Å². The number of anilines is 1. The van der Waals surface area contributed by atoms with Crippen LogP contribution in [0.15, 0.2) is 113 Å². The molecule has 1 amide bonds. The van der Waals surface area contributed by atoms with E-state index in [1.54, 1.807) is 61.7 Å². The quantitative estimate of drug-likeness (QED) is 0.321. The van der Waals surface area contributed by atoms with Crippen molar-refractivity contribution in [1.29, 1.82) is 0 Å². The molecule has 0 atom stereocenters. The fourth-order valence-electron chi connectivity index (χ4n) is 4.20. The van der Waals surface area contributed by atoms with Crippen LogP contribution in [0.5, 0.6) is 5.75 Å². The molecule has 6 rings (SSSR count). The Morgan fingerprint density at radius 1 is 0.919 bits per heavy atom. The van der Waals surface area contributed by atoms with Crippen LogP contribution in [0.1, 0.15) is 10.4 Å². The number of methoxy groups -OCH3 is 1. The number of ether oxygens (including phenoxy) is 1. The summed E-state index contributed by atoms with van der Waals surface area (Å²) in [4.78, 5) is 30.2. The fourth-order valence-corrected chi connectivity index (χ4v) is 4.20. The molecule has 0 radical (unpaired) electrons. The average molecular weight is 488 g/mol. The Kier molecular flexibility index (Phi) is 5.50. The molecule has 37 heavy (non-hydrogen) atoms. The predicted molar refractivity (Wildman–Crippen MR) is 143 cm³/mol. The summed E-state index contributed by atoms with van der Waals surface area (Å²) >= 11 is 0. The summed E-state index contributed by atoms with van der Waals surface area (Å²) in [5, 5.41) is 3.37. The first-order valence-corrected chi connectivity index (χ1v) is 11.7. The molecule has 0 aliphatic rings. The lowest BCUT2D eigenvalue weighted by molar-refractivity contribution is 0.102. The van der Waals surface area contributed by atoms with Gasteiger partial charge in [0.05, 0.1) is 18.2 Å². The minimum Gasteiger partial charge on any atom is -0.497 e. The van der Waals surface area contributed by atoms with Gasteiger partial charge in [-0.1, -0.05) is 30.3 Å². The number of rotatable bonds is 5. The molecule has 3 aromatic carbocycles. The number of pyridine rings is 1. The summed E-state index contributed by atoms with van der Waals surface area (Å²) in [6, 6.07) is 27.1. The van der Waals surface area contributed by atoms with E-state index >= 15 is 0 Å². The van der Waals surface area contributed by atoms with E-state index < -0.39 is 0 Å². The highest BCUT2D eigenvalue weighted by Crippen LogP contribution is 2.26. The lowest BCUT2D eigenvalue weighted by Gasteiger charge is -2.08. The van der Waals surface area contributed by atoms with Gasteiger partial charge in [0, 0.05) is 40.8 Å². The predicted octanol–water partition coefficient (Wildman–Crippen LogP) is 6.04. The molecule has 3 aromatic heterocycles. The number of nitrogens with one attached hydrogen (secondary N) is 1. The first kappa shape index (κ1) is 22.3. The number of amides is 1. The summed E-state index contributed by atoms with van der Waals surface area (Å²) in [6.07, 6.45) is 3.76. The average Bonchev–Trinajstić information content (AvgIpc) is 3.37. The van der Waals surface area contributed by atoms with Crippen LogP contribution in [0.4, 0.5) is 5.69 Å². The third kappa shape index (κ3) is 4.34. The van der Waals surface area contributed by atoms with Crippen LogP contribution in [-0.4, -0.2) is 22.4 Å². The van der Waals surface area contributed by atoms with Crippen LogP contribution < -0.4 is 15.5 Å². The topological polar surface area (TPSA) is 85.8 Å². The third-order valence-electron chi connectivity index (χ3n) is 6.15. The van der Waals surface area contributed by atoms with E-state index in [4.69, 9.17) is 9.15 Å². The molecular formula is C30H21N3O4. The SMILES string of the molecule is COc1ccc2oc(-c3ccc(NC(=O)c4ccn5cc(-c6ccccc6)nc5c4)cc3)cc(=O)c2c1. The summed E-state index contributed by atoms with van der Waals surface area (Å²) in [7, 11) is 1.55. The lowest BCUT2D eigenvalue weighted by atomic mass is 10.1. The molecule has 0 aliphatic carbocycles. The van der Waals surface area contributed by atoms with Crippen LogP contribution in [0.3, 0.4) is 0 Å². The zero-order valence-electron chi connectivity index (χ0n) is 19.8. The molecule has 7 nitrogen and oxygen atoms in total. The second-order valence-electron chi connectivity index (χ2n) is 8.54. The molecule has 0 saturated carbocycles. The van der Waals surface area contributed by atoms with E-state index in [9.17, 15) is 9.59 Å². The highest BCUT2D eigenvalue weighted by atomic mass is 16.5. The Balaban J connectivity index is 1.22. The molecule has 0 fully saturated rings. The number of hydrogen-bond acceptors (Lipinski definition) is 5. The van der Waals surface area contributed by atoms with E-state index in [0.29, 0.717) is 39.4 Å². The third-order valence-corrected chi connectivity index (χ3v) is 6.15. The Morgan fingerprint density at radius 3 is 2.51 bits per heavy atom. The highest BCUT2D eigenvalue weighted by Gasteiger charge is 2.12. The van der Waals surface area contributed by atoms with E-state index in [-0.39, 0.29) is 11.3 Å². The van der Waals surface area contributed by atoms with E-state index in [1.165, 1.54) is 6.07 Å². The van der Waals surface area contributed by atoms with E-state index in [2.05, 4.69) is 10.3 Å². The van der Waals surface area contributed by atoms with Gasteiger partial charge in [0.1, 0.15) is 22.7 Å². The van der Waals surface area contributed by atoms with Gasteiger partial charge in [-0.25, -0.2) is 4.98 Å². The van der Waals surface area contributed by atoms with Crippen LogP contribution in [0.25, 0.3) is 39.2 Å². The maximum Gasteiger partial charge on any atom is 0.255 e. The normalized spacial score (nSPS) is 11.1. The Bertz CT molecular complexity index is 1820. The molecule has 0 saturated heterocycles. The highest BCUT2D eigenvalue weighted by molar-refractivity contribution is 6.04. The molecule has 0 bridgehead atoms. The monoisotopic (exact) mass is 487 g/mol. The number of aromatic nitrogens is 2. The number of benzene rings is 3. The van der Waals surface area contributed by atoms with Gasteiger partial charge in [0.15, 0.2) is 5.43 Å². The van der Waals surface area contributed by atoms with Gasteiger partial charge in [-0.2, -0.15) is 0 Å². The van der Waals surface area contributed by atoms with Crippen molar-refractivity contribution < 1.29 is 13.9 Å². The maximum absolute atomic E-state index is 12.9. The molecule has 180 valence electrons. The molecule has 6 aromatic rings. The van der Waals surface area contributed by atoms with Gasteiger partial charge in [0.2, 0.25) is 0 Å². The zero-order chi connectivity index (χ0) is 25.4. The summed E-state index contributed by atoms with van der Waals surface area (Å²) in [5.41, 5.74) is 4.70. The fraction of sp³-hybridized carbons (Fsp3) is 0.0333. The van der Waals surface area contributed by atoms with Crippen LogP contribution in [0.2, 0.25) is 0 Å². The van der Waals surface area contributed by atoms with Crippen molar-refractivity contribution in [2.45, 2.75) is 0 Å². The summed E-state index contributed by atoms with van der Waals surface area (Å²) in [5.74, 6) is 0.793. The molecule has 7 heteroatoms. The first-order chi connectivity index (χ1) is 18.1. The Labute approximate surface area is 211 Å². The molecule has 0 unspecified atom stereocenters. The number of fused-ring (bicyclic) bond motifs is 2. The van der Waals surface area contributed by atoms with Crippen LogP contribution in [-0.2, 0) is 0 Å². The lowest BCUT2D eigenvalue weighted by Crippen LogP contribution is -2.12. The van der Waals surface area contributed by atoms with Gasteiger partial charge in [-0.05, 0) is 54.6 Å². The van der Waals surface area contributed by atoms with Crippen molar-refractivity contribution in [3.63, 3.8) is 0 Å². The minimum absolute atomic E-state index is 0.155. The van der Waals surface area contributed by atoms with Crippen molar-refractivity contribution >= 4 is 28.2 Å². The number of nitrogens with zero attached hydrogens (tertiary/aromatic N) is 2. The number of imidazole rings is 1. The summed E-state index contributed by atoms with van der Waals surface area (Å²) in [6.45, 7) is 0. The van der Waals surface area contributed by atoms with Crippen LogP contribution >= 0.6 is 0 Å². The summed E-state index contributed by atoms with van der Waals surface area (Å²) < 4.78 is 13.0. The Morgan fingerprint density at radius 2 is 1.73 bits per heavy atom. The molecule has 0 aliphatic heterocycles. The number of carbonyl (C=O) groups excluding carboxylic acids is 1. The van der Waals surface area contributed by atoms with Crippen molar-refractivity contribution in [3.8, 4) is 28.3 Å². The van der Waals surface area contributed by atoms with Gasteiger partial charge < -0.3 is 18.9 Å². The minimum atomic E-state index is -0.245. The maximum atomic E-state index is 12.9. The Hall–Kier alpha value is -5.17. The number of carbonyl (C=O) groups is 1. The van der Waals surface area contributed by atoms with Gasteiger partial charge in [0.25, 0.3) is 5.91 Å². The smallest absolute Gasteiger partial charge is 0.255 e. The van der Waals surface area contributed by atoms with Gasteiger partial charge >= 0.3 is 0 Å². The van der Waals surface area contributed by atoms with Crippen molar-refractivity contribution in [2.24, 2.45) is 0 Å². The number of hydrogen-bond donors (Lipinski definition) is 1. The molecule has 1 N–H and O–H groups in total.